The number of benzene rings is 7. The molecule has 2 aromatic heterocycles. The minimum atomic E-state index is -0.331. The number of rotatable bonds is 8. The Morgan fingerprint density at radius 2 is 1.07 bits per heavy atom. The van der Waals surface area contributed by atoms with E-state index in [-0.39, 0.29) is 32.8 Å². The normalized spacial score (nSPS) is 12.7. The molecule has 0 saturated carbocycles. The number of aryl methyl sites for hydroxylation is 1. The topological polar surface area (TPSA) is 50.9 Å². The highest BCUT2D eigenvalue weighted by Gasteiger charge is 2.30. The minimum Gasteiger partial charge on any atom is -0.507 e. The van der Waals surface area contributed by atoms with Gasteiger partial charge in [-0.05, 0) is 150 Å². The lowest BCUT2D eigenvalue weighted by Gasteiger charge is -2.28. The lowest BCUT2D eigenvalue weighted by Crippen LogP contribution is -2.17. The third kappa shape index (κ3) is 10.7. The molecule has 0 fully saturated rings. The first kappa shape index (κ1) is 51.8. The Labute approximate surface area is 442 Å². The Hall–Kier alpha value is -7.04. The molecule has 0 aliphatic heterocycles. The predicted molar refractivity (Wildman–Crippen MR) is 316 cm³/mol. The molecule has 9 rings (SSSR count). The number of aromatic hydroxyl groups is 1. The van der Waals surface area contributed by atoms with E-state index < -0.39 is 0 Å². The number of nitrogens with zero attached hydrogens (tertiary/aromatic N) is 3. The van der Waals surface area contributed by atoms with Gasteiger partial charge in [0.1, 0.15) is 11.6 Å². The first-order valence-electron chi connectivity index (χ1n) is 26.6. The van der Waals surface area contributed by atoms with Gasteiger partial charge < -0.3 is 5.11 Å². The van der Waals surface area contributed by atoms with Crippen molar-refractivity contribution in [1.82, 2.24) is 14.5 Å². The number of para-hydroxylation sites is 1. The molecule has 74 heavy (non-hydrogen) atoms. The van der Waals surface area contributed by atoms with Crippen molar-refractivity contribution < 1.29 is 5.11 Å². The van der Waals surface area contributed by atoms with Crippen LogP contribution in [0.2, 0.25) is 0 Å². The van der Waals surface area contributed by atoms with Crippen LogP contribution < -0.4 is 0 Å². The molecule has 0 radical (unpaired) electrons. The van der Waals surface area contributed by atoms with E-state index in [1.54, 1.807) is 0 Å². The third-order valence-electron chi connectivity index (χ3n) is 14.6. The van der Waals surface area contributed by atoms with Crippen molar-refractivity contribution in [3.8, 4) is 78.6 Å². The molecule has 0 amide bonds. The molecule has 1 N–H and O–H groups in total. The Morgan fingerprint density at radius 1 is 0.446 bits per heavy atom. The van der Waals surface area contributed by atoms with Crippen molar-refractivity contribution in [2.24, 2.45) is 5.41 Å². The smallest absolute Gasteiger partial charge is 0.149 e. The lowest BCUT2D eigenvalue weighted by molar-refractivity contribution is 0.411. The maximum absolute atomic E-state index is 12.6. The largest absolute Gasteiger partial charge is 0.507 e. The average Bonchev–Trinajstić information content (AvgIpc) is 3.72. The molecule has 378 valence electrons. The summed E-state index contributed by atoms with van der Waals surface area (Å²) in [5.41, 5.74) is 21.2. The maximum atomic E-state index is 12.6. The first-order chi connectivity index (χ1) is 34.6. The molecule has 4 nitrogen and oxygen atoms in total. The monoisotopic (exact) mass is 976 g/mol. The van der Waals surface area contributed by atoms with Gasteiger partial charge in [-0.15, -0.1) is 0 Å². The van der Waals surface area contributed by atoms with Crippen molar-refractivity contribution in [3.63, 3.8) is 0 Å². The molecule has 0 saturated heterocycles. The van der Waals surface area contributed by atoms with Crippen LogP contribution in [0, 0.1) is 12.3 Å². The van der Waals surface area contributed by atoms with Crippen LogP contribution in [-0.2, 0) is 28.1 Å². The van der Waals surface area contributed by atoms with Crippen molar-refractivity contribution in [3.05, 3.63) is 191 Å². The molecule has 0 aliphatic carbocycles. The highest BCUT2D eigenvalue weighted by Crippen LogP contribution is 2.46. The molecular formula is C70H77N3O. The summed E-state index contributed by atoms with van der Waals surface area (Å²) in [6.45, 7) is 36.0. The summed E-state index contributed by atoms with van der Waals surface area (Å²) in [6.07, 6.45) is 2.99. The highest BCUT2D eigenvalue weighted by molar-refractivity contribution is 5.98. The average molecular weight is 976 g/mol. The predicted octanol–water partition coefficient (Wildman–Crippen LogP) is 19.2. The van der Waals surface area contributed by atoms with Crippen LogP contribution in [0.4, 0.5) is 0 Å². The van der Waals surface area contributed by atoms with Crippen molar-refractivity contribution in [1.29, 1.82) is 0 Å². The van der Waals surface area contributed by atoms with E-state index in [9.17, 15) is 5.11 Å². The summed E-state index contributed by atoms with van der Waals surface area (Å²) in [5.74, 6) is 0.955. The zero-order chi connectivity index (χ0) is 53.3. The SMILES string of the molecule is Cc1cc(CC(C)(C)C)ccc1-c1ccc(-c2ccnc(-c3cc(-c4cccc5c4nc(-c4cc(C(C)(C)C)cc(C(C)(C)C)c4O)n5-c4ccc(C(C)(C)C)cc4-c4ccccc4)cc(C(C)(C)C)c3)c2)cc1. The van der Waals surface area contributed by atoms with E-state index in [2.05, 4.69) is 267 Å². The summed E-state index contributed by atoms with van der Waals surface area (Å²) in [7, 11) is 0. The molecule has 9 aromatic rings. The van der Waals surface area contributed by atoms with E-state index in [0.29, 0.717) is 11.4 Å². The number of fused-ring (bicyclic) bond motifs is 1. The summed E-state index contributed by atoms with van der Waals surface area (Å²) in [5, 5.41) is 12.6. The highest BCUT2D eigenvalue weighted by atomic mass is 16.3. The number of pyridine rings is 1. The van der Waals surface area contributed by atoms with Gasteiger partial charge in [0.25, 0.3) is 0 Å². The van der Waals surface area contributed by atoms with Crippen molar-refractivity contribution >= 4 is 11.0 Å². The van der Waals surface area contributed by atoms with Gasteiger partial charge in [0.05, 0.1) is 28.0 Å². The third-order valence-corrected chi connectivity index (χ3v) is 14.6. The Bertz CT molecular complexity index is 3540. The van der Waals surface area contributed by atoms with E-state index in [1.807, 2.05) is 6.20 Å². The Morgan fingerprint density at radius 3 is 1.70 bits per heavy atom. The fourth-order valence-corrected chi connectivity index (χ4v) is 10.4. The van der Waals surface area contributed by atoms with E-state index in [1.165, 1.54) is 33.4 Å². The number of phenols is 1. The van der Waals surface area contributed by atoms with E-state index in [4.69, 9.17) is 9.97 Å². The van der Waals surface area contributed by atoms with Gasteiger partial charge >= 0.3 is 0 Å². The molecule has 0 spiro atoms. The van der Waals surface area contributed by atoms with Crippen molar-refractivity contribution in [2.75, 3.05) is 0 Å². The van der Waals surface area contributed by atoms with Crippen LogP contribution in [0.3, 0.4) is 0 Å². The zero-order valence-electron chi connectivity index (χ0n) is 47.0. The Kier molecular flexibility index (Phi) is 13.3. The molecule has 0 atom stereocenters. The Balaban J connectivity index is 1.24. The number of hydrogen-bond donors (Lipinski definition) is 1. The van der Waals surface area contributed by atoms with Gasteiger partial charge in [-0.1, -0.05) is 207 Å². The summed E-state index contributed by atoms with van der Waals surface area (Å²) in [6, 6.07) is 55.6. The fraction of sp³-hybridized carbons (Fsp3) is 0.314. The van der Waals surface area contributed by atoms with E-state index in [0.717, 1.165) is 78.9 Å². The van der Waals surface area contributed by atoms with Gasteiger partial charge in [0.15, 0.2) is 0 Å². The summed E-state index contributed by atoms with van der Waals surface area (Å²) in [4.78, 5) is 10.8. The molecule has 7 aromatic carbocycles. The number of hydrogen-bond acceptors (Lipinski definition) is 3. The van der Waals surface area contributed by atoms with Crippen LogP contribution >= 0.6 is 0 Å². The molecule has 0 bridgehead atoms. The number of phenolic OH excluding ortho intramolecular Hbond substituents is 1. The molecule has 0 aliphatic rings. The van der Waals surface area contributed by atoms with Gasteiger partial charge in [-0.25, -0.2) is 4.98 Å². The quantitative estimate of drug-likeness (QED) is 0.165. The number of imidazole rings is 1. The molecular weight excluding hydrogens is 899 g/mol. The van der Waals surface area contributed by atoms with Crippen LogP contribution in [0.25, 0.3) is 83.9 Å². The second-order valence-electron chi connectivity index (χ2n) is 26.2. The summed E-state index contributed by atoms with van der Waals surface area (Å²) < 4.78 is 2.30. The zero-order valence-corrected chi connectivity index (χ0v) is 47.0. The molecule has 4 heteroatoms. The standard InChI is InChI=1S/C70H77N3O/c1-44-35-45(43-66(2,3)4)25-31-55(44)48-28-26-46(27-29-48)49-33-34-71-60(39-49)51-36-50(37-53(38-51)68(8,9)10)56-23-20-24-62-63(56)72-65(58-41-54(69(11,12)13)42-59(64(58)74)70(14,15)16)73(62)61-32-30-52(67(5,6)7)40-57(61)47-21-18-17-19-22-47/h17-42,74H,43H2,1-16H3. The lowest BCUT2D eigenvalue weighted by atomic mass is 9.79. The summed E-state index contributed by atoms with van der Waals surface area (Å²) >= 11 is 0. The van der Waals surface area contributed by atoms with Gasteiger partial charge in [0.2, 0.25) is 0 Å². The van der Waals surface area contributed by atoms with Crippen LogP contribution in [0.1, 0.15) is 137 Å². The second kappa shape index (κ2) is 19.0. The van der Waals surface area contributed by atoms with E-state index >= 15 is 0 Å². The second-order valence-corrected chi connectivity index (χ2v) is 26.2. The van der Waals surface area contributed by atoms with Crippen LogP contribution in [0.5, 0.6) is 5.75 Å². The van der Waals surface area contributed by atoms with Gasteiger partial charge in [0, 0.05) is 28.5 Å². The first-order valence-corrected chi connectivity index (χ1v) is 26.6. The van der Waals surface area contributed by atoms with Crippen molar-refractivity contribution in [2.45, 2.75) is 139 Å². The maximum Gasteiger partial charge on any atom is 0.149 e. The van der Waals surface area contributed by atoms with Crippen LogP contribution in [0.15, 0.2) is 158 Å². The minimum absolute atomic E-state index is 0.0802. The van der Waals surface area contributed by atoms with Gasteiger partial charge in [-0.3, -0.25) is 9.55 Å². The van der Waals surface area contributed by atoms with Gasteiger partial charge in [-0.2, -0.15) is 0 Å². The molecule has 0 unspecified atom stereocenters. The molecule has 2 heterocycles. The number of aromatic nitrogens is 3. The van der Waals surface area contributed by atoms with Crippen LogP contribution in [-0.4, -0.2) is 19.6 Å². The fourth-order valence-electron chi connectivity index (χ4n) is 10.4.